The SMILES string of the molecule is Cc1cn(-c2ccc(C3=C/[N+](=C\C4CCc5c(F)cccc5N(C)C4=O)N=N3)cc2OCC(F)(F)F)cn1. The van der Waals surface area contributed by atoms with Gasteiger partial charge in [0, 0.05) is 30.1 Å². The van der Waals surface area contributed by atoms with E-state index in [9.17, 15) is 22.4 Å². The number of halogens is 4. The Morgan fingerprint density at radius 2 is 2.03 bits per heavy atom. The van der Waals surface area contributed by atoms with Gasteiger partial charge in [0.25, 0.3) is 5.70 Å². The number of alkyl halides is 3. The van der Waals surface area contributed by atoms with Crippen molar-refractivity contribution < 1.29 is 31.8 Å². The zero-order valence-corrected chi connectivity index (χ0v) is 20.5. The lowest BCUT2D eigenvalue weighted by Crippen LogP contribution is -2.33. The fraction of sp³-hybridized carbons (Fsp3) is 0.269. The summed E-state index contributed by atoms with van der Waals surface area (Å²) < 4.78 is 61.1. The molecule has 2 aliphatic rings. The highest BCUT2D eigenvalue weighted by molar-refractivity contribution is 6.03. The average molecular weight is 528 g/mol. The zero-order valence-electron chi connectivity index (χ0n) is 20.5. The number of aryl methyl sites for hydroxylation is 1. The third-order valence-corrected chi connectivity index (χ3v) is 6.29. The zero-order chi connectivity index (χ0) is 27.0. The Kier molecular flexibility index (Phi) is 6.55. The number of rotatable bonds is 5. The van der Waals surface area contributed by atoms with E-state index < -0.39 is 18.7 Å². The van der Waals surface area contributed by atoms with Gasteiger partial charge in [-0.1, -0.05) is 6.07 Å². The summed E-state index contributed by atoms with van der Waals surface area (Å²) in [6.45, 7) is 0.305. The van der Waals surface area contributed by atoms with Crippen LogP contribution in [0.5, 0.6) is 5.75 Å². The van der Waals surface area contributed by atoms with Gasteiger partial charge in [0.1, 0.15) is 23.0 Å². The lowest BCUT2D eigenvalue weighted by atomic mass is 10.0. The van der Waals surface area contributed by atoms with Crippen LogP contribution in [0.3, 0.4) is 0 Å². The molecule has 0 radical (unpaired) electrons. The summed E-state index contributed by atoms with van der Waals surface area (Å²) in [5.74, 6) is -1.16. The smallest absolute Gasteiger partial charge is 0.422 e. The van der Waals surface area contributed by atoms with Crippen molar-refractivity contribution in [2.75, 3.05) is 18.6 Å². The molecule has 38 heavy (non-hydrogen) atoms. The highest BCUT2D eigenvalue weighted by Gasteiger charge is 2.32. The molecule has 0 spiro atoms. The number of hydrogen-bond donors (Lipinski definition) is 0. The highest BCUT2D eigenvalue weighted by Crippen LogP contribution is 2.32. The van der Waals surface area contributed by atoms with E-state index in [0.29, 0.717) is 46.7 Å². The molecule has 1 aromatic heterocycles. The molecule has 1 atom stereocenters. The summed E-state index contributed by atoms with van der Waals surface area (Å²) in [6.07, 6.45) is 2.55. The van der Waals surface area contributed by atoms with Gasteiger partial charge in [0.15, 0.2) is 12.8 Å². The summed E-state index contributed by atoms with van der Waals surface area (Å²) in [4.78, 5) is 18.6. The molecule has 1 amide bonds. The molecular weight excluding hydrogens is 504 g/mol. The van der Waals surface area contributed by atoms with Gasteiger partial charge in [-0.15, -0.1) is 4.68 Å². The minimum atomic E-state index is -4.52. The van der Waals surface area contributed by atoms with E-state index in [4.69, 9.17) is 4.74 Å². The van der Waals surface area contributed by atoms with Gasteiger partial charge in [0.2, 0.25) is 5.91 Å². The summed E-state index contributed by atoms with van der Waals surface area (Å²) in [5, 5.41) is 8.20. The first-order valence-electron chi connectivity index (χ1n) is 11.8. The van der Waals surface area contributed by atoms with Crippen LogP contribution < -0.4 is 9.64 Å². The molecule has 2 aliphatic heterocycles. The van der Waals surface area contributed by atoms with Crippen molar-refractivity contribution in [3.05, 3.63) is 77.8 Å². The second-order valence-corrected chi connectivity index (χ2v) is 9.02. The first-order valence-corrected chi connectivity index (χ1v) is 11.8. The van der Waals surface area contributed by atoms with Gasteiger partial charge in [-0.25, -0.2) is 9.37 Å². The third-order valence-electron chi connectivity index (χ3n) is 6.29. The van der Waals surface area contributed by atoms with E-state index in [-0.39, 0.29) is 17.5 Å². The summed E-state index contributed by atoms with van der Waals surface area (Å²) in [6, 6.07) is 9.40. The third kappa shape index (κ3) is 5.20. The molecule has 0 saturated carbocycles. The van der Waals surface area contributed by atoms with Gasteiger partial charge in [-0.05, 0) is 50.1 Å². The van der Waals surface area contributed by atoms with Gasteiger partial charge in [-0.3, -0.25) is 4.79 Å². The predicted molar refractivity (Wildman–Crippen MR) is 131 cm³/mol. The first-order chi connectivity index (χ1) is 18.1. The van der Waals surface area contributed by atoms with Crippen LogP contribution in [0.15, 0.2) is 65.5 Å². The van der Waals surface area contributed by atoms with E-state index in [0.717, 1.165) is 0 Å². The fourth-order valence-electron chi connectivity index (χ4n) is 4.42. The van der Waals surface area contributed by atoms with Crippen molar-refractivity contribution in [3.8, 4) is 11.4 Å². The normalized spacial score (nSPS) is 18.5. The van der Waals surface area contributed by atoms with E-state index in [2.05, 4.69) is 15.3 Å². The first kappa shape index (κ1) is 25.3. The Morgan fingerprint density at radius 3 is 2.76 bits per heavy atom. The molecule has 1 unspecified atom stereocenters. The topological polar surface area (TPSA) is 75.1 Å². The molecule has 0 fully saturated rings. The van der Waals surface area contributed by atoms with Crippen LogP contribution >= 0.6 is 0 Å². The van der Waals surface area contributed by atoms with Crippen molar-refractivity contribution in [2.24, 2.45) is 16.3 Å². The number of ether oxygens (including phenoxy) is 1. The largest absolute Gasteiger partial charge is 0.482 e. The van der Waals surface area contributed by atoms with Gasteiger partial charge >= 0.3 is 6.18 Å². The number of carbonyl (C=O) groups excluding carboxylic acids is 1. The number of benzene rings is 2. The number of hydrogen-bond acceptors (Lipinski definition) is 5. The molecule has 2 aromatic carbocycles. The van der Waals surface area contributed by atoms with E-state index in [1.165, 1.54) is 28.0 Å². The number of amides is 1. The van der Waals surface area contributed by atoms with Crippen molar-refractivity contribution in [1.29, 1.82) is 0 Å². The van der Waals surface area contributed by atoms with Crippen LogP contribution in [0, 0.1) is 18.7 Å². The van der Waals surface area contributed by atoms with E-state index in [1.54, 1.807) is 61.4 Å². The van der Waals surface area contributed by atoms with Gasteiger partial charge < -0.3 is 14.2 Å². The van der Waals surface area contributed by atoms with Crippen LogP contribution in [0.4, 0.5) is 23.2 Å². The van der Waals surface area contributed by atoms with Crippen molar-refractivity contribution in [3.63, 3.8) is 0 Å². The lowest BCUT2D eigenvalue weighted by Gasteiger charge is -2.19. The molecule has 3 heterocycles. The maximum Gasteiger partial charge on any atom is 0.422 e. The standard InChI is InChI=1S/C26H23F4N6O2/c1-16-11-35(15-31-16)23-9-7-17(10-24(23)38-14-26(28,29)30)21-13-36(33-32-21)12-18-6-8-19-20(27)4-3-5-22(19)34(2)25(18)37/h3-5,7,9-13,15,18H,6,8,14H2,1-2H3/q+1/b36-12+. The number of nitrogens with zero attached hydrogens (tertiary/aromatic N) is 6. The van der Waals surface area contributed by atoms with Crippen molar-refractivity contribution in [1.82, 2.24) is 9.55 Å². The molecule has 5 rings (SSSR count). The molecule has 3 aromatic rings. The number of imidazole rings is 1. The fourth-order valence-corrected chi connectivity index (χ4v) is 4.42. The lowest BCUT2D eigenvalue weighted by molar-refractivity contribution is -0.460. The molecule has 8 nitrogen and oxygen atoms in total. The monoisotopic (exact) mass is 527 g/mol. The summed E-state index contributed by atoms with van der Waals surface area (Å²) in [5.41, 5.74) is 2.94. The molecule has 12 heteroatoms. The van der Waals surface area contributed by atoms with Crippen molar-refractivity contribution >= 4 is 23.5 Å². The summed E-state index contributed by atoms with van der Waals surface area (Å²) in [7, 11) is 1.60. The quantitative estimate of drug-likeness (QED) is 0.336. The highest BCUT2D eigenvalue weighted by atomic mass is 19.4. The Hall–Kier alpha value is -4.35. The summed E-state index contributed by atoms with van der Waals surface area (Å²) >= 11 is 0. The van der Waals surface area contributed by atoms with Crippen LogP contribution in [-0.4, -0.2) is 46.2 Å². The van der Waals surface area contributed by atoms with Gasteiger partial charge in [-0.2, -0.15) is 13.2 Å². The van der Waals surface area contributed by atoms with Crippen LogP contribution in [0.1, 0.15) is 23.2 Å². The number of anilines is 1. The maximum atomic E-state index is 14.3. The average Bonchev–Trinajstić information content (AvgIpc) is 3.50. The maximum absolute atomic E-state index is 14.3. The Labute approximate surface area is 215 Å². The Balaban J connectivity index is 1.42. The minimum Gasteiger partial charge on any atom is -0.482 e. The van der Waals surface area contributed by atoms with E-state index >= 15 is 0 Å². The van der Waals surface area contributed by atoms with E-state index in [1.807, 2.05) is 0 Å². The molecule has 0 bridgehead atoms. The second-order valence-electron chi connectivity index (χ2n) is 9.02. The van der Waals surface area contributed by atoms with Crippen molar-refractivity contribution in [2.45, 2.75) is 25.9 Å². The molecule has 0 N–H and O–H groups in total. The van der Waals surface area contributed by atoms with Crippen LogP contribution in [0.2, 0.25) is 0 Å². The molecular formula is C26H23F4N6O2+. The molecule has 0 aliphatic carbocycles. The molecule has 0 saturated heterocycles. The van der Waals surface area contributed by atoms with Gasteiger partial charge in [0.05, 0.1) is 28.7 Å². The van der Waals surface area contributed by atoms with Crippen LogP contribution in [0.25, 0.3) is 11.4 Å². The second kappa shape index (κ2) is 9.84. The predicted octanol–water partition coefficient (Wildman–Crippen LogP) is 5.25. The van der Waals surface area contributed by atoms with Crippen LogP contribution in [-0.2, 0) is 11.2 Å². The number of carbonyl (C=O) groups is 1. The number of fused-ring (bicyclic) bond motifs is 1. The Bertz CT molecular complexity index is 1490. The number of aromatic nitrogens is 2. The Morgan fingerprint density at radius 1 is 1.21 bits per heavy atom. The molecule has 196 valence electrons. The minimum absolute atomic E-state index is 0.00360.